The summed E-state index contributed by atoms with van der Waals surface area (Å²) in [6.45, 7) is 3.99. The van der Waals surface area contributed by atoms with Crippen LogP contribution in [-0.4, -0.2) is 47.1 Å². The van der Waals surface area contributed by atoms with Crippen molar-refractivity contribution in [1.82, 2.24) is 15.0 Å². The molecule has 8 heteroatoms. The minimum Gasteiger partial charge on any atom is -0.465 e. The van der Waals surface area contributed by atoms with Gasteiger partial charge >= 0.3 is 5.97 Å². The summed E-state index contributed by atoms with van der Waals surface area (Å²) in [4.78, 5) is 31.3. The number of carbonyl (C=O) groups excluding carboxylic acids is 2. The fraction of sp³-hybridized carbons (Fsp3) is 0.333. The molecule has 3 aromatic rings. The first-order valence-electron chi connectivity index (χ1n) is 10.6. The Morgan fingerprint density at radius 2 is 1.91 bits per heavy atom. The van der Waals surface area contributed by atoms with E-state index in [1.807, 2.05) is 37.3 Å². The molecular formula is C24H26N4O4. The number of nitrogens with zero attached hydrogens (tertiary/aromatic N) is 3. The third-order valence-corrected chi connectivity index (χ3v) is 5.73. The molecule has 0 unspecified atom stereocenters. The van der Waals surface area contributed by atoms with Crippen LogP contribution in [-0.2, 0) is 16.1 Å². The van der Waals surface area contributed by atoms with Crippen LogP contribution in [0.15, 0.2) is 53.1 Å². The van der Waals surface area contributed by atoms with E-state index in [1.165, 1.54) is 7.11 Å². The fourth-order valence-corrected chi connectivity index (χ4v) is 3.80. The van der Waals surface area contributed by atoms with Crippen molar-refractivity contribution in [2.75, 3.05) is 25.5 Å². The number of amides is 1. The van der Waals surface area contributed by atoms with E-state index in [2.05, 4.69) is 20.4 Å². The lowest BCUT2D eigenvalue weighted by Crippen LogP contribution is -2.37. The van der Waals surface area contributed by atoms with E-state index in [0.29, 0.717) is 29.5 Å². The van der Waals surface area contributed by atoms with Gasteiger partial charge in [0.25, 0.3) is 0 Å². The molecule has 0 bridgehead atoms. The van der Waals surface area contributed by atoms with Crippen molar-refractivity contribution >= 4 is 17.6 Å². The maximum Gasteiger partial charge on any atom is 0.337 e. The molecule has 0 atom stereocenters. The number of hydrogen-bond acceptors (Lipinski definition) is 7. The number of nitrogens with one attached hydrogen (secondary N) is 1. The molecule has 1 aliphatic rings. The van der Waals surface area contributed by atoms with Crippen LogP contribution in [0.4, 0.5) is 5.69 Å². The SMILES string of the molecule is COC(=O)c1ccc(C)c(NC(=O)C2CCN(Cc3nc(-c4ccccc4)no3)CC2)c1. The number of methoxy groups -OCH3 is 1. The zero-order valence-electron chi connectivity index (χ0n) is 18.2. The highest BCUT2D eigenvalue weighted by molar-refractivity contribution is 5.96. The average molecular weight is 434 g/mol. The van der Waals surface area contributed by atoms with Crippen LogP contribution in [0.25, 0.3) is 11.4 Å². The Morgan fingerprint density at radius 1 is 1.16 bits per heavy atom. The number of rotatable bonds is 6. The normalized spacial score (nSPS) is 14.8. The molecule has 1 amide bonds. The molecule has 166 valence electrons. The number of hydrogen-bond donors (Lipinski definition) is 1. The van der Waals surface area contributed by atoms with Gasteiger partial charge in [0.05, 0.1) is 19.2 Å². The van der Waals surface area contributed by atoms with Crippen LogP contribution < -0.4 is 5.32 Å². The highest BCUT2D eigenvalue weighted by Crippen LogP contribution is 2.24. The van der Waals surface area contributed by atoms with Gasteiger partial charge in [0, 0.05) is 17.2 Å². The number of esters is 1. The zero-order chi connectivity index (χ0) is 22.5. The summed E-state index contributed by atoms with van der Waals surface area (Å²) in [5.74, 6) is 0.612. The molecule has 1 aromatic heterocycles. The van der Waals surface area contributed by atoms with Crippen molar-refractivity contribution in [3.63, 3.8) is 0 Å². The van der Waals surface area contributed by atoms with E-state index in [9.17, 15) is 9.59 Å². The molecule has 2 aromatic carbocycles. The largest absolute Gasteiger partial charge is 0.465 e. The Labute approximate surface area is 186 Å². The van der Waals surface area contributed by atoms with E-state index in [1.54, 1.807) is 18.2 Å². The molecule has 32 heavy (non-hydrogen) atoms. The number of ether oxygens (including phenoxy) is 1. The van der Waals surface area contributed by atoms with Gasteiger partial charge in [0.1, 0.15) is 0 Å². The second kappa shape index (κ2) is 9.74. The van der Waals surface area contributed by atoms with Crippen molar-refractivity contribution in [3.8, 4) is 11.4 Å². The summed E-state index contributed by atoms with van der Waals surface area (Å²) in [5.41, 5.74) is 2.87. The van der Waals surface area contributed by atoms with E-state index < -0.39 is 5.97 Å². The molecule has 0 aliphatic carbocycles. The van der Waals surface area contributed by atoms with Crippen molar-refractivity contribution in [2.24, 2.45) is 5.92 Å². The molecule has 8 nitrogen and oxygen atoms in total. The van der Waals surface area contributed by atoms with Gasteiger partial charge in [0.2, 0.25) is 17.6 Å². The van der Waals surface area contributed by atoms with Gasteiger partial charge < -0.3 is 14.6 Å². The molecule has 2 heterocycles. The summed E-state index contributed by atoms with van der Waals surface area (Å²) >= 11 is 0. The Balaban J connectivity index is 1.31. The molecule has 0 saturated carbocycles. The number of benzene rings is 2. The van der Waals surface area contributed by atoms with Crippen molar-refractivity contribution in [1.29, 1.82) is 0 Å². The van der Waals surface area contributed by atoms with Gasteiger partial charge in [-0.25, -0.2) is 4.79 Å². The quantitative estimate of drug-likeness (QED) is 0.591. The Morgan fingerprint density at radius 3 is 2.62 bits per heavy atom. The summed E-state index contributed by atoms with van der Waals surface area (Å²) in [7, 11) is 1.34. The van der Waals surface area contributed by atoms with Crippen LogP contribution in [0.5, 0.6) is 0 Å². The topological polar surface area (TPSA) is 97.6 Å². The Bertz CT molecular complexity index is 1090. The van der Waals surface area contributed by atoms with Gasteiger partial charge in [-0.2, -0.15) is 4.98 Å². The fourth-order valence-electron chi connectivity index (χ4n) is 3.80. The summed E-state index contributed by atoms with van der Waals surface area (Å²) in [5, 5.41) is 7.05. The van der Waals surface area contributed by atoms with Crippen LogP contribution in [0.3, 0.4) is 0 Å². The molecule has 1 aliphatic heterocycles. The average Bonchev–Trinajstić information content (AvgIpc) is 3.29. The van der Waals surface area contributed by atoms with Crippen LogP contribution in [0.2, 0.25) is 0 Å². The van der Waals surface area contributed by atoms with E-state index in [0.717, 1.165) is 37.1 Å². The van der Waals surface area contributed by atoms with Crippen LogP contribution >= 0.6 is 0 Å². The lowest BCUT2D eigenvalue weighted by molar-refractivity contribution is -0.121. The lowest BCUT2D eigenvalue weighted by Gasteiger charge is -2.30. The number of piperidine rings is 1. The summed E-state index contributed by atoms with van der Waals surface area (Å²) in [6, 6.07) is 14.9. The minimum absolute atomic E-state index is 0.0288. The second-order valence-corrected chi connectivity index (χ2v) is 7.94. The first-order chi connectivity index (χ1) is 15.5. The van der Waals surface area contributed by atoms with Crippen molar-refractivity contribution in [2.45, 2.75) is 26.3 Å². The summed E-state index contributed by atoms with van der Waals surface area (Å²) in [6.07, 6.45) is 1.47. The predicted octanol–water partition coefficient (Wildman–Crippen LogP) is 3.68. The molecule has 4 rings (SSSR count). The molecule has 0 radical (unpaired) electrons. The van der Waals surface area contributed by atoms with Gasteiger partial charge in [-0.15, -0.1) is 0 Å². The van der Waals surface area contributed by atoms with E-state index in [4.69, 9.17) is 9.26 Å². The van der Waals surface area contributed by atoms with Gasteiger partial charge in [0.15, 0.2) is 0 Å². The Hall–Kier alpha value is -3.52. The number of anilines is 1. The Kier molecular flexibility index (Phi) is 6.61. The standard InChI is InChI=1S/C24H26N4O4/c1-16-8-9-19(24(30)31-2)14-20(16)25-23(29)18-10-12-28(13-11-18)15-21-26-22(27-32-21)17-6-4-3-5-7-17/h3-9,14,18H,10-13,15H2,1-2H3,(H,25,29). The smallest absolute Gasteiger partial charge is 0.337 e. The minimum atomic E-state index is -0.426. The lowest BCUT2D eigenvalue weighted by atomic mass is 9.95. The number of aryl methyl sites for hydroxylation is 1. The van der Waals surface area contributed by atoms with Crippen LogP contribution in [0.1, 0.15) is 34.7 Å². The first-order valence-corrected chi connectivity index (χ1v) is 10.6. The monoisotopic (exact) mass is 434 g/mol. The van der Waals surface area contributed by atoms with E-state index >= 15 is 0 Å². The predicted molar refractivity (Wildman–Crippen MR) is 119 cm³/mol. The maximum atomic E-state index is 12.8. The highest BCUT2D eigenvalue weighted by Gasteiger charge is 2.26. The number of carbonyl (C=O) groups is 2. The van der Waals surface area contributed by atoms with Crippen molar-refractivity contribution < 1.29 is 18.8 Å². The van der Waals surface area contributed by atoms with Gasteiger partial charge in [-0.3, -0.25) is 9.69 Å². The zero-order valence-corrected chi connectivity index (χ0v) is 18.2. The van der Waals surface area contributed by atoms with Crippen molar-refractivity contribution in [3.05, 3.63) is 65.5 Å². The van der Waals surface area contributed by atoms with Crippen LogP contribution in [0, 0.1) is 12.8 Å². The molecule has 1 fully saturated rings. The molecular weight excluding hydrogens is 408 g/mol. The van der Waals surface area contributed by atoms with Gasteiger partial charge in [-0.05, 0) is 50.6 Å². The highest BCUT2D eigenvalue weighted by atomic mass is 16.5. The maximum absolute atomic E-state index is 12.8. The third kappa shape index (κ3) is 5.03. The first kappa shape index (κ1) is 21.7. The number of likely N-dealkylation sites (tertiary alicyclic amines) is 1. The number of aromatic nitrogens is 2. The summed E-state index contributed by atoms with van der Waals surface area (Å²) < 4.78 is 10.2. The second-order valence-electron chi connectivity index (χ2n) is 7.94. The molecule has 1 N–H and O–H groups in total. The van der Waals surface area contributed by atoms with Gasteiger partial charge in [-0.1, -0.05) is 41.6 Å². The molecule has 0 spiro atoms. The molecule has 1 saturated heterocycles. The van der Waals surface area contributed by atoms with E-state index in [-0.39, 0.29) is 11.8 Å². The third-order valence-electron chi connectivity index (χ3n) is 5.73.